The molecule has 2 aliphatic rings. The van der Waals surface area contributed by atoms with E-state index in [0.29, 0.717) is 40.4 Å². The van der Waals surface area contributed by atoms with Gasteiger partial charge in [-0.25, -0.2) is 4.79 Å². The highest BCUT2D eigenvalue weighted by Gasteiger charge is 2.48. The Morgan fingerprint density at radius 1 is 0.957 bits per heavy atom. The molecule has 0 aliphatic carbocycles. The summed E-state index contributed by atoms with van der Waals surface area (Å²) in [5, 5.41) is 22.7. The second-order valence-corrected chi connectivity index (χ2v) is 12.6. The maximum atomic E-state index is 13.7. The Morgan fingerprint density at radius 3 is 2.50 bits per heavy atom. The van der Waals surface area contributed by atoms with E-state index in [1.54, 1.807) is 30.3 Å². The number of hydrogen-bond acceptors (Lipinski definition) is 11. The van der Waals surface area contributed by atoms with Crippen LogP contribution in [0.5, 0.6) is 11.5 Å². The number of methoxy groups -OCH3 is 1. The summed E-state index contributed by atoms with van der Waals surface area (Å²) >= 11 is 2.65. The van der Waals surface area contributed by atoms with Crippen molar-refractivity contribution in [3.63, 3.8) is 0 Å². The van der Waals surface area contributed by atoms with Crippen LogP contribution >= 0.6 is 23.1 Å². The Balaban J connectivity index is 1.26. The normalized spacial score (nSPS) is 17.0. The zero-order valence-corrected chi connectivity index (χ0v) is 26.0. The van der Waals surface area contributed by atoms with E-state index in [1.165, 1.54) is 47.2 Å². The molecule has 4 aromatic carbocycles. The molecule has 2 aliphatic heterocycles. The number of ether oxygens (including phenoxy) is 3. The summed E-state index contributed by atoms with van der Waals surface area (Å²) < 4.78 is 16.7. The predicted octanol–water partition coefficient (Wildman–Crippen LogP) is 6.17. The van der Waals surface area contributed by atoms with E-state index >= 15 is 0 Å². The van der Waals surface area contributed by atoms with Crippen molar-refractivity contribution < 1.29 is 33.7 Å². The van der Waals surface area contributed by atoms with Crippen molar-refractivity contribution >= 4 is 62.4 Å². The van der Waals surface area contributed by atoms with E-state index in [9.17, 15) is 19.5 Å². The Morgan fingerprint density at radius 2 is 1.70 bits per heavy atom. The summed E-state index contributed by atoms with van der Waals surface area (Å²) in [6.45, 7) is 0.737. The number of anilines is 1. The molecule has 230 valence electrons. The molecule has 1 unspecified atom stereocenters. The van der Waals surface area contributed by atoms with E-state index in [0.717, 1.165) is 16.3 Å². The van der Waals surface area contributed by atoms with Crippen molar-refractivity contribution in [2.24, 2.45) is 0 Å². The number of fused-ring (bicyclic) bond motifs is 2. The smallest absolute Gasteiger partial charge is 0.337 e. The monoisotopic (exact) mass is 651 g/mol. The van der Waals surface area contributed by atoms with Gasteiger partial charge in [0.05, 0.1) is 24.3 Å². The van der Waals surface area contributed by atoms with Gasteiger partial charge in [0, 0.05) is 11.3 Å². The summed E-state index contributed by atoms with van der Waals surface area (Å²) in [7, 11) is 1.28. The standard InChI is InChI=1S/C34H25N3O7S2/c1-42-32(41)21-11-9-20(10-12-21)28-27(29(38)22-13-14-25-26(17-22)44-16-15-43-25)30(39)31(40)37(28)33-35-36-34(46-33)45-18-23-7-4-6-19-5-2-3-8-24(19)23/h2-14,17,28,38H,15-16,18H2,1H3/b29-27+. The van der Waals surface area contributed by atoms with Crippen LogP contribution < -0.4 is 14.4 Å². The van der Waals surface area contributed by atoms with Gasteiger partial charge in [0.25, 0.3) is 5.78 Å². The van der Waals surface area contributed by atoms with Crippen molar-refractivity contribution in [3.05, 3.63) is 113 Å². The van der Waals surface area contributed by atoms with Crippen molar-refractivity contribution in [1.29, 1.82) is 0 Å². The third kappa shape index (κ3) is 5.35. The quantitative estimate of drug-likeness (QED) is 0.0545. The van der Waals surface area contributed by atoms with E-state index in [4.69, 9.17) is 14.2 Å². The van der Waals surface area contributed by atoms with Crippen LogP contribution in [0.3, 0.4) is 0 Å². The molecule has 1 N–H and O–H groups in total. The molecule has 1 saturated heterocycles. The van der Waals surface area contributed by atoms with Gasteiger partial charge in [0.15, 0.2) is 15.8 Å². The van der Waals surface area contributed by atoms with Crippen LogP contribution in [-0.2, 0) is 20.1 Å². The number of benzene rings is 4. The Bertz CT molecular complexity index is 2040. The molecule has 0 saturated carbocycles. The number of esters is 1. The number of aliphatic hydroxyl groups excluding tert-OH is 1. The first-order chi connectivity index (χ1) is 22.4. The molecule has 3 heterocycles. The molecule has 1 atom stereocenters. The van der Waals surface area contributed by atoms with Crippen molar-refractivity contribution in [1.82, 2.24) is 10.2 Å². The fraction of sp³-hybridized carbons (Fsp3) is 0.147. The third-order valence-corrected chi connectivity index (χ3v) is 9.85. The number of thioether (sulfide) groups is 1. The van der Waals surface area contributed by atoms with Gasteiger partial charge in [-0.15, -0.1) is 10.2 Å². The van der Waals surface area contributed by atoms with E-state index in [-0.39, 0.29) is 27.6 Å². The van der Waals surface area contributed by atoms with Gasteiger partial charge in [-0.1, -0.05) is 77.7 Å². The molecular weight excluding hydrogens is 627 g/mol. The summed E-state index contributed by atoms with van der Waals surface area (Å²) in [6.07, 6.45) is 0. The number of rotatable bonds is 7. The minimum Gasteiger partial charge on any atom is -0.507 e. The molecule has 1 aromatic heterocycles. The van der Waals surface area contributed by atoms with E-state index in [2.05, 4.69) is 34.5 Å². The Kier molecular flexibility index (Phi) is 7.89. The molecule has 0 spiro atoms. The number of Topliss-reactive ketones (excluding diaryl/α,β-unsaturated/α-hetero) is 1. The van der Waals surface area contributed by atoms with Gasteiger partial charge in [-0.2, -0.15) is 0 Å². The molecule has 1 fully saturated rings. The second kappa shape index (κ2) is 12.3. The Labute approximate surface area is 271 Å². The van der Waals surface area contributed by atoms with Gasteiger partial charge in [0.1, 0.15) is 19.0 Å². The highest BCUT2D eigenvalue weighted by atomic mass is 32.2. The van der Waals surface area contributed by atoms with Gasteiger partial charge >= 0.3 is 11.9 Å². The fourth-order valence-electron chi connectivity index (χ4n) is 5.53. The first-order valence-electron chi connectivity index (χ1n) is 14.2. The van der Waals surface area contributed by atoms with Crippen LogP contribution in [-0.4, -0.2) is 53.3 Å². The highest BCUT2D eigenvalue weighted by Crippen LogP contribution is 2.45. The number of ketones is 1. The van der Waals surface area contributed by atoms with Crippen LogP contribution in [0.4, 0.5) is 5.13 Å². The van der Waals surface area contributed by atoms with Gasteiger partial charge in [0.2, 0.25) is 5.13 Å². The lowest BCUT2D eigenvalue weighted by atomic mass is 9.94. The predicted molar refractivity (Wildman–Crippen MR) is 173 cm³/mol. The maximum absolute atomic E-state index is 13.7. The van der Waals surface area contributed by atoms with Crippen molar-refractivity contribution in [2.45, 2.75) is 16.1 Å². The SMILES string of the molecule is COC(=O)c1ccc(C2/C(=C(\O)c3ccc4c(c3)OCCO4)C(=O)C(=O)N2c2nnc(SCc3cccc4ccccc34)s2)cc1. The highest BCUT2D eigenvalue weighted by molar-refractivity contribution is 8.00. The molecule has 46 heavy (non-hydrogen) atoms. The zero-order valence-electron chi connectivity index (χ0n) is 24.3. The molecule has 5 aromatic rings. The number of nitrogens with zero attached hydrogens (tertiary/aromatic N) is 3. The van der Waals surface area contributed by atoms with Gasteiger partial charge in [-0.05, 0) is 52.2 Å². The molecule has 0 radical (unpaired) electrons. The average Bonchev–Trinajstić information content (AvgIpc) is 3.67. The van der Waals surface area contributed by atoms with Gasteiger partial charge < -0.3 is 19.3 Å². The molecule has 1 amide bonds. The topological polar surface area (TPSA) is 128 Å². The van der Waals surface area contributed by atoms with Crippen LogP contribution in [0.25, 0.3) is 16.5 Å². The first-order valence-corrected chi connectivity index (χ1v) is 16.1. The summed E-state index contributed by atoms with van der Waals surface area (Å²) in [6, 6.07) is 24.3. The average molecular weight is 652 g/mol. The van der Waals surface area contributed by atoms with Crippen molar-refractivity contribution in [3.8, 4) is 11.5 Å². The third-order valence-electron chi connectivity index (χ3n) is 7.74. The van der Waals surface area contributed by atoms with Crippen LogP contribution in [0.1, 0.15) is 33.1 Å². The van der Waals surface area contributed by atoms with Crippen LogP contribution in [0, 0.1) is 0 Å². The number of hydrogen-bond donors (Lipinski definition) is 1. The lowest BCUT2D eigenvalue weighted by Crippen LogP contribution is -2.29. The van der Waals surface area contributed by atoms with Crippen molar-refractivity contribution in [2.75, 3.05) is 25.2 Å². The van der Waals surface area contributed by atoms with E-state index < -0.39 is 23.7 Å². The number of amides is 1. The first kappa shape index (κ1) is 29.5. The Hall–Kier alpha value is -5.20. The molecule has 0 bridgehead atoms. The lowest BCUT2D eigenvalue weighted by molar-refractivity contribution is -0.132. The second-order valence-electron chi connectivity index (χ2n) is 10.4. The van der Waals surface area contributed by atoms with Crippen LogP contribution in [0.2, 0.25) is 0 Å². The fourth-order valence-corrected chi connectivity index (χ4v) is 7.40. The summed E-state index contributed by atoms with van der Waals surface area (Å²) in [4.78, 5) is 40.7. The summed E-state index contributed by atoms with van der Waals surface area (Å²) in [5.41, 5.74) is 2.05. The zero-order chi connectivity index (χ0) is 31.8. The van der Waals surface area contributed by atoms with E-state index in [1.807, 2.05) is 18.2 Å². The lowest BCUT2D eigenvalue weighted by Gasteiger charge is -2.23. The molecule has 7 rings (SSSR count). The maximum Gasteiger partial charge on any atom is 0.337 e. The van der Waals surface area contributed by atoms with Gasteiger partial charge in [-0.3, -0.25) is 14.5 Å². The molecule has 12 heteroatoms. The number of carbonyl (C=O) groups excluding carboxylic acids is 3. The minimum absolute atomic E-state index is 0.132. The summed E-state index contributed by atoms with van der Waals surface area (Å²) in [5.74, 6) is -1.10. The molecule has 10 nitrogen and oxygen atoms in total. The minimum atomic E-state index is -1.05. The number of carbonyl (C=O) groups is 3. The van der Waals surface area contributed by atoms with Crippen LogP contribution in [0.15, 0.2) is 94.8 Å². The number of aliphatic hydroxyl groups is 1. The largest absolute Gasteiger partial charge is 0.507 e. The molecular formula is C34H25N3O7S2. The number of aromatic nitrogens is 2.